The number of likely N-dealkylation sites (tertiary alicyclic amines) is 1. The lowest BCUT2D eigenvalue weighted by Gasteiger charge is -2.25. The second kappa shape index (κ2) is 4.78. The molecule has 1 saturated heterocycles. The third-order valence-corrected chi connectivity index (χ3v) is 4.23. The molecule has 1 aliphatic heterocycles. The number of hydrogen-bond acceptors (Lipinski definition) is 3. The van der Waals surface area contributed by atoms with E-state index in [9.17, 15) is 0 Å². The van der Waals surface area contributed by atoms with Gasteiger partial charge in [0, 0.05) is 37.1 Å². The van der Waals surface area contributed by atoms with Gasteiger partial charge in [0.25, 0.3) is 0 Å². The summed E-state index contributed by atoms with van der Waals surface area (Å²) in [6.07, 6.45) is 11.2. The van der Waals surface area contributed by atoms with E-state index in [0.29, 0.717) is 18.1 Å². The maximum Gasteiger partial charge on any atom is 0.0949 e. The Balaban J connectivity index is 1.62. The van der Waals surface area contributed by atoms with E-state index in [-0.39, 0.29) is 0 Å². The number of nitrogens with zero attached hydrogens (tertiary/aromatic N) is 3. The highest BCUT2D eigenvalue weighted by Gasteiger charge is 2.31. The minimum absolute atomic E-state index is 0.614. The van der Waals surface area contributed by atoms with Crippen molar-refractivity contribution in [1.82, 2.24) is 19.8 Å². The topological polar surface area (TPSA) is 33.1 Å². The molecular formula is C13H22N4. The van der Waals surface area contributed by atoms with Crippen molar-refractivity contribution in [2.75, 3.05) is 20.1 Å². The van der Waals surface area contributed by atoms with Gasteiger partial charge in [0.15, 0.2) is 0 Å². The van der Waals surface area contributed by atoms with Gasteiger partial charge >= 0.3 is 0 Å². The van der Waals surface area contributed by atoms with Gasteiger partial charge in [-0.1, -0.05) is 0 Å². The zero-order valence-corrected chi connectivity index (χ0v) is 10.5. The van der Waals surface area contributed by atoms with Crippen molar-refractivity contribution in [1.29, 1.82) is 0 Å². The monoisotopic (exact) mass is 234 g/mol. The molecule has 1 saturated carbocycles. The Labute approximate surface area is 103 Å². The molecule has 2 heterocycles. The van der Waals surface area contributed by atoms with E-state index in [1.54, 1.807) is 0 Å². The van der Waals surface area contributed by atoms with Crippen LogP contribution in [0.1, 0.15) is 31.7 Å². The quantitative estimate of drug-likeness (QED) is 0.855. The van der Waals surface area contributed by atoms with Crippen LogP contribution in [0.5, 0.6) is 0 Å². The van der Waals surface area contributed by atoms with Crippen molar-refractivity contribution in [2.24, 2.45) is 0 Å². The first kappa shape index (κ1) is 11.2. The van der Waals surface area contributed by atoms with Crippen LogP contribution < -0.4 is 5.32 Å². The molecule has 0 radical (unpaired) electrons. The molecule has 94 valence electrons. The van der Waals surface area contributed by atoms with Crippen LogP contribution in [0.3, 0.4) is 0 Å². The summed E-state index contributed by atoms with van der Waals surface area (Å²) in [5, 5.41) is 3.86. The van der Waals surface area contributed by atoms with Crippen LogP contribution >= 0.6 is 0 Å². The molecule has 0 amide bonds. The van der Waals surface area contributed by atoms with Crippen molar-refractivity contribution in [3.63, 3.8) is 0 Å². The van der Waals surface area contributed by atoms with Gasteiger partial charge in [0.1, 0.15) is 0 Å². The van der Waals surface area contributed by atoms with E-state index < -0.39 is 0 Å². The van der Waals surface area contributed by atoms with Crippen LogP contribution in [0, 0.1) is 0 Å². The highest BCUT2D eigenvalue weighted by Crippen LogP contribution is 2.30. The molecule has 1 N–H and O–H groups in total. The average molecular weight is 234 g/mol. The van der Waals surface area contributed by atoms with Gasteiger partial charge in [0.05, 0.1) is 6.33 Å². The molecule has 3 rings (SSSR count). The molecule has 3 unspecified atom stereocenters. The maximum absolute atomic E-state index is 4.17. The van der Waals surface area contributed by atoms with Gasteiger partial charge in [-0.3, -0.25) is 0 Å². The number of likely N-dealkylation sites (N-methyl/N-ethyl adjacent to an activating group) is 1. The Bertz CT molecular complexity index is 348. The molecule has 1 aliphatic carbocycles. The lowest BCUT2D eigenvalue weighted by Crippen LogP contribution is -2.42. The summed E-state index contributed by atoms with van der Waals surface area (Å²) in [7, 11) is 2.21. The fraction of sp³-hybridized carbons (Fsp3) is 0.769. The van der Waals surface area contributed by atoms with Crippen LogP contribution in [0.2, 0.25) is 0 Å². The third kappa shape index (κ3) is 2.38. The standard InChI is InChI=1S/C13H22N4/c1-16-7-5-11(9-16)15-12-3-2-4-13(12)17-8-6-14-10-17/h6,8,10-13,15H,2-5,7,9H2,1H3. The van der Waals surface area contributed by atoms with Crippen LogP contribution in [0.4, 0.5) is 0 Å². The van der Waals surface area contributed by atoms with Crippen molar-refractivity contribution in [3.8, 4) is 0 Å². The Hall–Kier alpha value is -0.870. The molecule has 1 aromatic heterocycles. The molecule has 0 bridgehead atoms. The summed E-state index contributed by atoms with van der Waals surface area (Å²) in [6.45, 7) is 2.44. The maximum atomic E-state index is 4.17. The van der Waals surface area contributed by atoms with Gasteiger partial charge < -0.3 is 14.8 Å². The number of hydrogen-bond donors (Lipinski definition) is 1. The number of imidazole rings is 1. The van der Waals surface area contributed by atoms with Crippen LogP contribution in [0.25, 0.3) is 0 Å². The van der Waals surface area contributed by atoms with Crippen molar-refractivity contribution in [2.45, 2.75) is 43.8 Å². The smallest absolute Gasteiger partial charge is 0.0949 e. The predicted molar refractivity (Wildman–Crippen MR) is 67.9 cm³/mol. The second-order valence-electron chi connectivity index (χ2n) is 5.53. The molecule has 17 heavy (non-hydrogen) atoms. The van der Waals surface area contributed by atoms with E-state index in [1.807, 2.05) is 12.5 Å². The van der Waals surface area contributed by atoms with Crippen LogP contribution in [-0.2, 0) is 0 Å². The summed E-state index contributed by atoms with van der Waals surface area (Å²) < 4.78 is 2.28. The SMILES string of the molecule is CN1CCC(NC2CCCC2n2ccnc2)C1. The second-order valence-corrected chi connectivity index (χ2v) is 5.53. The van der Waals surface area contributed by atoms with Gasteiger partial charge in [-0.15, -0.1) is 0 Å². The molecular weight excluding hydrogens is 212 g/mol. The van der Waals surface area contributed by atoms with E-state index in [2.05, 4.69) is 33.0 Å². The Kier molecular flexibility index (Phi) is 3.16. The van der Waals surface area contributed by atoms with Gasteiger partial charge in [-0.2, -0.15) is 0 Å². The largest absolute Gasteiger partial charge is 0.333 e. The highest BCUT2D eigenvalue weighted by molar-refractivity contribution is 4.94. The van der Waals surface area contributed by atoms with E-state index in [1.165, 1.54) is 38.8 Å². The number of rotatable bonds is 3. The fourth-order valence-electron chi connectivity index (χ4n) is 3.33. The van der Waals surface area contributed by atoms with E-state index in [4.69, 9.17) is 0 Å². The molecule has 1 aromatic rings. The minimum atomic E-state index is 0.614. The Morgan fingerprint density at radius 2 is 2.24 bits per heavy atom. The Morgan fingerprint density at radius 3 is 2.94 bits per heavy atom. The summed E-state index contributed by atoms with van der Waals surface area (Å²) in [6, 6.07) is 1.94. The summed E-state index contributed by atoms with van der Waals surface area (Å²) in [4.78, 5) is 6.59. The molecule has 3 atom stereocenters. The van der Waals surface area contributed by atoms with Crippen LogP contribution in [0.15, 0.2) is 18.7 Å². The van der Waals surface area contributed by atoms with Gasteiger partial charge in [-0.25, -0.2) is 4.98 Å². The van der Waals surface area contributed by atoms with Crippen molar-refractivity contribution >= 4 is 0 Å². The molecule has 0 spiro atoms. The fourth-order valence-corrected chi connectivity index (χ4v) is 3.33. The molecule has 0 aromatic carbocycles. The first-order valence-corrected chi connectivity index (χ1v) is 6.75. The number of aromatic nitrogens is 2. The predicted octanol–water partition coefficient (Wildman–Crippen LogP) is 1.27. The van der Waals surface area contributed by atoms with E-state index in [0.717, 1.165) is 0 Å². The summed E-state index contributed by atoms with van der Waals surface area (Å²) in [5.74, 6) is 0. The van der Waals surface area contributed by atoms with Crippen LogP contribution in [-0.4, -0.2) is 46.7 Å². The zero-order valence-electron chi connectivity index (χ0n) is 10.5. The average Bonchev–Trinajstić information content (AvgIpc) is 3.00. The van der Waals surface area contributed by atoms with Crippen molar-refractivity contribution < 1.29 is 0 Å². The summed E-state index contributed by atoms with van der Waals surface area (Å²) in [5.41, 5.74) is 0. The Morgan fingerprint density at radius 1 is 1.29 bits per heavy atom. The molecule has 2 fully saturated rings. The first-order chi connectivity index (χ1) is 8.33. The molecule has 4 nitrogen and oxygen atoms in total. The van der Waals surface area contributed by atoms with E-state index >= 15 is 0 Å². The lowest BCUT2D eigenvalue weighted by molar-refractivity contribution is 0.339. The minimum Gasteiger partial charge on any atom is -0.333 e. The van der Waals surface area contributed by atoms with Gasteiger partial charge in [-0.05, 0) is 39.3 Å². The van der Waals surface area contributed by atoms with Gasteiger partial charge in [0.2, 0.25) is 0 Å². The zero-order chi connectivity index (χ0) is 11.7. The normalized spacial score (nSPS) is 34.5. The molecule has 4 heteroatoms. The summed E-state index contributed by atoms with van der Waals surface area (Å²) >= 11 is 0. The first-order valence-electron chi connectivity index (χ1n) is 6.75. The third-order valence-electron chi connectivity index (χ3n) is 4.23. The lowest BCUT2D eigenvalue weighted by atomic mass is 10.1. The number of nitrogens with one attached hydrogen (secondary N) is 1. The van der Waals surface area contributed by atoms with Crippen molar-refractivity contribution in [3.05, 3.63) is 18.7 Å². The molecule has 2 aliphatic rings. The highest BCUT2D eigenvalue weighted by atomic mass is 15.2.